The lowest BCUT2D eigenvalue weighted by molar-refractivity contribution is -0.141. The van der Waals surface area contributed by atoms with Gasteiger partial charge in [-0.25, -0.2) is 9.59 Å². The molecule has 3 amide bonds. The second-order valence-electron chi connectivity index (χ2n) is 5.11. The van der Waals surface area contributed by atoms with Crippen LogP contribution in [0.25, 0.3) is 0 Å². The van der Waals surface area contributed by atoms with Crippen LogP contribution in [0.1, 0.15) is 13.3 Å². The molecule has 1 saturated heterocycles. The number of carbonyl (C=O) groups excluding carboxylic acids is 2. The highest BCUT2D eigenvalue weighted by Crippen LogP contribution is 2.18. The van der Waals surface area contributed by atoms with E-state index in [9.17, 15) is 19.5 Å². The first-order valence-corrected chi connectivity index (χ1v) is 8.10. The van der Waals surface area contributed by atoms with E-state index in [1.165, 1.54) is 26.5 Å². The van der Waals surface area contributed by atoms with Crippen LogP contribution < -0.4 is 0 Å². The van der Waals surface area contributed by atoms with Crippen LogP contribution >= 0.6 is 11.8 Å². The molecule has 0 radical (unpaired) electrons. The highest BCUT2D eigenvalue weighted by atomic mass is 32.2. The van der Waals surface area contributed by atoms with Crippen molar-refractivity contribution >= 4 is 29.7 Å². The minimum atomic E-state index is -0.995. The van der Waals surface area contributed by atoms with Gasteiger partial charge in [0, 0.05) is 38.7 Å². The lowest BCUT2D eigenvalue weighted by Gasteiger charge is -2.36. The summed E-state index contributed by atoms with van der Waals surface area (Å²) in [5, 5.41) is 9.24. The first kappa shape index (κ1) is 17.6. The molecule has 21 heavy (non-hydrogen) atoms. The largest absolute Gasteiger partial charge is 0.480 e. The zero-order valence-electron chi connectivity index (χ0n) is 12.7. The van der Waals surface area contributed by atoms with Crippen molar-refractivity contribution in [2.24, 2.45) is 0 Å². The first-order chi connectivity index (χ1) is 9.88. The molecular weight excluding hydrogens is 294 g/mol. The average Bonchev–Trinajstić information content (AvgIpc) is 2.45. The lowest BCUT2D eigenvalue weighted by Crippen LogP contribution is -2.56. The third kappa shape index (κ3) is 4.80. The zero-order valence-corrected chi connectivity index (χ0v) is 13.6. The first-order valence-electron chi connectivity index (χ1n) is 6.94. The van der Waals surface area contributed by atoms with Crippen LogP contribution in [0.2, 0.25) is 0 Å². The van der Waals surface area contributed by atoms with Gasteiger partial charge in [-0.05, 0) is 6.42 Å². The number of carboxylic acids is 1. The summed E-state index contributed by atoms with van der Waals surface area (Å²) < 4.78 is 0. The van der Waals surface area contributed by atoms with Crippen LogP contribution in [0.3, 0.4) is 0 Å². The number of nitrogens with zero attached hydrogens (tertiary/aromatic N) is 3. The minimum absolute atomic E-state index is 0.0182. The van der Waals surface area contributed by atoms with E-state index >= 15 is 0 Å². The van der Waals surface area contributed by atoms with Crippen molar-refractivity contribution in [2.45, 2.75) is 19.4 Å². The molecule has 0 saturated carbocycles. The molecule has 0 spiro atoms. The SMILES string of the molecule is CCCN(CC(=O)N(C)C)C(=O)N1CCSCC1C(=O)O. The van der Waals surface area contributed by atoms with Crippen LogP contribution in [0.4, 0.5) is 4.79 Å². The molecular formula is C13H23N3O4S. The van der Waals surface area contributed by atoms with Crippen molar-refractivity contribution in [1.82, 2.24) is 14.7 Å². The summed E-state index contributed by atoms with van der Waals surface area (Å²) in [5.41, 5.74) is 0. The van der Waals surface area contributed by atoms with Gasteiger partial charge in [-0.15, -0.1) is 0 Å². The normalized spacial score (nSPS) is 18.2. The summed E-state index contributed by atoms with van der Waals surface area (Å²) in [6.45, 7) is 2.74. The van der Waals surface area contributed by atoms with E-state index in [2.05, 4.69) is 0 Å². The Morgan fingerprint density at radius 2 is 2.00 bits per heavy atom. The summed E-state index contributed by atoms with van der Waals surface area (Å²) in [6.07, 6.45) is 0.715. The van der Waals surface area contributed by atoms with Gasteiger partial charge < -0.3 is 19.8 Å². The van der Waals surface area contributed by atoms with Gasteiger partial charge >= 0.3 is 12.0 Å². The number of aliphatic carboxylic acids is 1. The number of thioether (sulfide) groups is 1. The molecule has 0 bridgehead atoms. The summed E-state index contributed by atoms with van der Waals surface area (Å²) in [4.78, 5) is 39.9. The number of hydrogen-bond acceptors (Lipinski definition) is 4. The smallest absolute Gasteiger partial charge is 0.327 e. The van der Waals surface area contributed by atoms with E-state index < -0.39 is 12.0 Å². The molecule has 1 fully saturated rings. The van der Waals surface area contributed by atoms with Crippen molar-refractivity contribution in [2.75, 3.05) is 45.2 Å². The van der Waals surface area contributed by atoms with Gasteiger partial charge in [0.1, 0.15) is 12.6 Å². The van der Waals surface area contributed by atoms with Gasteiger partial charge in [0.25, 0.3) is 0 Å². The molecule has 1 unspecified atom stereocenters. The van der Waals surface area contributed by atoms with Crippen molar-refractivity contribution in [3.8, 4) is 0 Å². The summed E-state index contributed by atoms with van der Waals surface area (Å²) in [5.74, 6) is -0.0549. The maximum Gasteiger partial charge on any atom is 0.327 e. The molecule has 1 N–H and O–H groups in total. The maximum atomic E-state index is 12.6. The van der Waals surface area contributed by atoms with Crippen LogP contribution in [-0.4, -0.2) is 89.0 Å². The summed E-state index contributed by atoms with van der Waals surface area (Å²) in [6, 6.07) is -1.18. The molecule has 8 heteroatoms. The van der Waals surface area contributed by atoms with Gasteiger partial charge in [0.2, 0.25) is 5.91 Å². The summed E-state index contributed by atoms with van der Waals surface area (Å²) >= 11 is 1.53. The lowest BCUT2D eigenvalue weighted by atomic mass is 10.2. The van der Waals surface area contributed by atoms with Crippen molar-refractivity contribution in [3.63, 3.8) is 0 Å². The Bertz CT molecular complexity index is 403. The van der Waals surface area contributed by atoms with E-state index in [1.807, 2.05) is 6.92 Å². The number of likely N-dealkylation sites (N-methyl/N-ethyl adjacent to an activating group) is 1. The number of carbonyl (C=O) groups is 3. The Morgan fingerprint density at radius 3 is 2.52 bits per heavy atom. The second-order valence-corrected chi connectivity index (χ2v) is 6.26. The van der Waals surface area contributed by atoms with Crippen molar-refractivity contribution in [1.29, 1.82) is 0 Å². The molecule has 0 aromatic heterocycles. The van der Waals surface area contributed by atoms with Gasteiger partial charge in [-0.3, -0.25) is 4.79 Å². The van der Waals surface area contributed by atoms with Crippen LogP contribution in [-0.2, 0) is 9.59 Å². The molecule has 1 aliphatic rings. The van der Waals surface area contributed by atoms with Crippen LogP contribution in [0.15, 0.2) is 0 Å². The minimum Gasteiger partial charge on any atom is -0.480 e. The molecule has 7 nitrogen and oxygen atoms in total. The number of urea groups is 1. The van der Waals surface area contributed by atoms with Gasteiger partial charge in [0.15, 0.2) is 0 Å². The average molecular weight is 317 g/mol. The van der Waals surface area contributed by atoms with Crippen molar-refractivity contribution in [3.05, 3.63) is 0 Å². The van der Waals surface area contributed by atoms with Gasteiger partial charge in [0.05, 0.1) is 0 Å². The standard InChI is InChI=1S/C13H23N3O4S/c1-4-5-15(8-11(17)14(2)3)13(20)16-6-7-21-9-10(16)12(18)19/h10H,4-9H2,1-3H3,(H,18,19). The molecule has 0 aromatic rings. The van der Waals surface area contributed by atoms with Crippen LogP contribution in [0, 0.1) is 0 Å². The van der Waals surface area contributed by atoms with Crippen molar-refractivity contribution < 1.29 is 19.5 Å². The summed E-state index contributed by atoms with van der Waals surface area (Å²) in [7, 11) is 3.27. The monoisotopic (exact) mass is 317 g/mol. The molecule has 1 atom stereocenters. The number of carboxylic acid groups (broad SMARTS) is 1. The third-order valence-corrected chi connectivity index (χ3v) is 4.27. The topological polar surface area (TPSA) is 81.2 Å². The highest BCUT2D eigenvalue weighted by molar-refractivity contribution is 7.99. The molecule has 0 aliphatic carbocycles. The molecule has 0 aromatic carbocycles. The highest BCUT2D eigenvalue weighted by Gasteiger charge is 2.35. The quantitative estimate of drug-likeness (QED) is 0.794. The fourth-order valence-electron chi connectivity index (χ4n) is 2.04. The Balaban J connectivity index is 2.82. The van der Waals surface area contributed by atoms with Gasteiger partial charge in [-0.1, -0.05) is 6.92 Å². The zero-order chi connectivity index (χ0) is 16.0. The molecule has 1 rings (SSSR count). The van der Waals surface area contributed by atoms with E-state index in [1.54, 1.807) is 14.1 Å². The van der Waals surface area contributed by atoms with Gasteiger partial charge in [-0.2, -0.15) is 11.8 Å². The maximum absolute atomic E-state index is 12.6. The third-order valence-electron chi connectivity index (χ3n) is 3.25. The number of amides is 3. The molecule has 1 aliphatic heterocycles. The van der Waals surface area contributed by atoms with Crippen LogP contribution in [0.5, 0.6) is 0 Å². The predicted octanol–water partition coefficient (Wildman–Crippen LogP) is 0.409. The Hall–Kier alpha value is -1.44. The second kappa shape index (κ2) is 8.11. The Morgan fingerprint density at radius 1 is 1.33 bits per heavy atom. The van der Waals surface area contributed by atoms with E-state index in [4.69, 9.17) is 0 Å². The number of rotatable bonds is 5. The molecule has 120 valence electrons. The predicted molar refractivity (Wildman–Crippen MR) is 81.4 cm³/mol. The Kier molecular flexibility index (Phi) is 6.80. The van der Waals surface area contributed by atoms with E-state index in [0.29, 0.717) is 25.3 Å². The van der Waals surface area contributed by atoms with E-state index in [-0.39, 0.29) is 18.5 Å². The van der Waals surface area contributed by atoms with E-state index in [0.717, 1.165) is 5.75 Å². The molecule has 1 heterocycles. The Labute approximate surface area is 129 Å². The number of hydrogen-bond donors (Lipinski definition) is 1. The fraction of sp³-hybridized carbons (Fsp3) is 0.769. The fourth-order valence-corrected chi connectivity index (χ4v) is 3.07.